The molecule has 41 heavy (non-hydrogen) atoms. The first-order valence-electron chi connectivity index (χ1n) is 13.3. The van der Waals surface area contributed by atoms with Crippen LogP contribution in [0.1, 0.15) is 29.3 Å². The summed E-state index contributed by atoms with van der Waals surface area (Å²) in [6.45, 7) is 0.125. The van der Waals surface area contributed by atoms with E-state index < -0.39 is 24.0 Å². The summed E-state index contributed by atoms with van der Waals surface area (Å²) < 4.78 is 26.1. The zero-order chi connectivity index (χ0) is 28.4. The Labute approximate surface area is 243 Å². The largest absolute Gasteiger partial charge is 0.497 e. The minimum atomic E-state index is -1.01. The number of methoxy groups -OCH3 is 2. The van der Waals surface area contributed by atoms with Crippen molar-refractivity contribution < 1.29 is 24.1 Å². The van der Waals surface area contributed by atoms with E-state index in [1.807, 2.05) is 95.7 Å². The smallest absolute Gasteiger partial charge is 0.146 e. The van der Waals surface area contributed by atoms with Crippen molar-refractivity contribution in [3.05, 3.63) is 119 Å². The summed E-state index contributed by atoms with van der Waals surface area (Å²) in [5.41, 5.74) is 2.38. The van der Waals surface area contributed by atoms with Gasteiger partial charge < -0.3 is 28.6 Å². The quantitative estimate of drug-likeness (QED) is 0.178. The van der Waals surface area contributed by atoms with Crippen LogP contribution in [0.2, 0.25) is 5.15 Å². The molecule has 6 rings (SSSR count). The molecule has 8 nitrogen and oxygen atoms in total. The molecular formula is C32H30ClN3O5. The molecule has 0 saturated carbocycles. The fraction of sp³-hybridized carbons (Fsp3) is 0.250. The van der Waals surface area contributed by atoms with Crippen LogP contribution in [0.5, 0.6) is 11.5 Å². The SMILES string of the molecule is COc1ccc(C(OC[C@H]2O[C@@H](n3ccc4c(Cl)ncnc43)C[C@@H]2O)(c2ccccc2)c2ccc(OC)cc2)cc1. The minimum absolute atomic E-state index is 0.125. The van der Waals surface area contributed by atoms with Crippen LogP contribution in [0.3, 0.4) is 0 Å². The minimum Gasteiger partial charge on any atom is -0.497 e. The number of aliphatic hydroxyl groups is 1. The van der Waals surface area contributed by atoms with Crippen LogP contribution < -0.4 is 9.47 Å². The Kier molecular flexibility index (Phi) is 7.64. The van der Waals surface area contributed by atoms with Crippen molar-refractivity contribution in [2.24, 2.45) is 0 Å². The van der Waals surface area contributed by atoms with Gasteiger partial charge in [-0.1, -0.05) is 66.2 Å². The van der Waals surface area contributed by atoms with Crippen molar-refractivity contribution in [1.29, 1.82) is 0 Å². The summed E-state index contributed by atoms with van der Waals surface area (Å²) in [6, 6.07) is 27.6. The van der Waals surface area contributed by atoms with Crippen LogP contribution in [0, 0.1) is 0 Å². The van der Waals surface area contributed by atoms with E-state index in [9.17, 15) is 5.11 Å². The second kappa shape index (κ2) is 11.5. The topological polar surface area (TPSA) is 87.9 Å². The normalized spacial score (nSPS) is 19.0. The predicted molar refractivity (Wildman–Crippen MR) is 155 cm³/mol. The molecule has 1 aliphatic heterocycles. The molecule has 0 amide bonds. The lowest BCUT2D eigenvalue weighted by molar-refractivity contribution is -0.0930. The van der Waals surface area contributed by atoms with Crippen LogP contribution in [-0.2, 0) is 15.1 Å². The van der Waals surface area contributed by atoms with E-state index in [4.69, 9.17) is 30.5 Å². The number of aromatic nitrogens is 3. The van der Waals surface area contributed by atoms with Crippen LogP contribution in [0.4, 0.5) is 0 Å². The number of hydrogen-bond donors (Lipinski definition) is 1. The maximum Gasteiger partial charge on any atom is 0.146 e. The highest BCUT2D eigenvalue weighted by atomic mass is 35.5. The van der Waals surface area contributed by atoms with Gasteiger partial charge in [-0.05, 0) is 47.0 Å². The summed E-state index contributed by atoms with van der Waals surface area (Å²) >= 11 is 6.26. The van der Waals surface area contributed by atoms with Crippen LogP contribution >= 0.6 is 11.6 Å². The molecule has 3 atom stereocenters. The summed E-state index contributed by atoms with van der Waals surface area (Å²) in [6.07, 6.45) is 1.88. The highest BCUT2D eigenvalue weighted by molar-refractivity contribution is 6.33. The van der Waals surface area contributed by atoms with Gasteiger partial charge in [0.05, 0.1) is 32.3 Å². The molecule has 5 aromatic rings. The summed E-state index contributed by atoms with van der Waals surface area (Å²) in [7, 11) is 3.28. The fourth-order valence-electron chi connectivity index (χ4n) is 5.49. The van der Waals surface area contributed by atoms with Gasteiger partial charge in [-0.2, -0.15) is 0 Å². The molecule has 0 bridgehead atoms. The monoisotopic (exact) mass is 571 g/mol. The third-order valence-corrected chi connectivity index (χ3v) is 7.91. The molecule has 9 heteroatoms. The van der Waals surface area contributed by atoms with Gasteiger partial charge in [0.1, 0.15) is 46.6 Å². The molecule has 1 saturated heterocycles. The van der Waals surface area contributed by atoms with Crippen molar-refractivity contribution in [3.63, 3.8) is 0 Å². The van der Waals surface area contributed by atoms with Gasteiger partial charge in [-0.3, -0.25) is 0 Å². The Morgan fingerprint density at radius 3 is 2.10 bits per heavy atom. The lowest BCUT2D eigenvalue weighted by Crippen LogP contribution is -2.38. The number of halogens is 1. The number of fused-ring (bicyclic) bond motifs is 1. The molecule has 3 aromatic carbocycles. The Morgan fingerprint density at radius 2 is 1.49 bits per heavy atom. The summed E-state index contributed by atoms with van der Waals surface area (Å²) in [5.74, 6) is 1.48. The van der Waals surface area contributed by atoms with Crippen molar-refractivity contribution in [1.82, 2.24) is 14.5 Å². The van der Waals surface area contributed by atoms with Crippen LogP contribution in [0.25, 0.3) is 11.0 Å². The van der Waals surface area contributed by atoms with Gasteiger partial charge in [0.25, 0.3) is 0 Å². The number of aliphatic hydroxyl groups excluding tert-OH is 1. The van der Waals surface area contributed by atoms with Crippen molar-refractivity contribution in [2.45, 2.75) is 30.5 Å². The maximum absolute atomic E-state index is 11.1. The van der Waals surface area contributed by atoms with Crippen molar-refractivity contribution >= 4 is 22.6 Å². The lowest BCUT2D eigenvalue weighted by atomic mass is 9.80. The summed E-state index contributed by atoms with van der Waals surface area (Å²) in [5, 5.41) is 12.2. The van der Waals surface area contributed by atoms with Gasteiger partial charge in [-0.25, -0.2) is 9.97 Å². The Bertz CT molecular complexity index is 1560. The number of ether oxygens (including phenoxy) is 4. The molecule has 0 radical (unpaired) electrons. The standard InChI is InChI=1S/C32H30ClN3O5/c1-38-24-12-8-22(9-13-24)32(21-6-4-3-5-7-21,23-10-14-25(39-2)15-11-23)40-19-28-27(37)18-29(41-28)36-17-16-26-30(33)34-20-35-31(26)36/h3-17,20,27-29,37H,18-19H2,1-2H3/t27-,28+,29+/m0/s1. The number of nitrogens with zero attached hydrogens (tertiary/aromatic N) is 3. The van der Waals surface area contributed by atoms with E-state index >= 15 is 0 Å². The molecule has 1 aliphatic rings. The molecular weight excluding hydrogens is 542 g/mol. The molecule has 1 fully saturated rings. The van der Waals surface area contributed by atoms with E-state index in [-0.39, 0.29) is 6.61 Å². The number of hydrogen-bond acceptors (Lipinski definition) is 7. The first kappa shape index (κ1) is 27.2. The number of rotatable bonds is 9. The maximum atomic E-state index is 11.1. The first-order valence-corrected chi connectivity index (χ1v) is 13.7. The third-order valence-electron chi connectivity index (χ3n) is 7.61. The molecule has 0 unspecified atom stereocenters. The second-order valence-electron chi connectivity index (χ2n) is 9.87. The Balaban J connectivity index is 1.37. The van der Waals surface area contributed by atoms with Crippen molar-refractivity contribution in [3.8, 4) is 11.5 Å². The number of benzene rings is 3. The van der Waals surface area contributed by atoms with E-state index in [1.165, 1.54) is 6.33 Å². The second-order valence-corrected chi connectivity index (χ2v) is 10.2. The Morgan fingerprint density at radius 1 is 0.878 bits per heavy atom. The Hall–Kier alpha value is -3.95. The fourth-order valence-corrected chi connectivity index (χ4v) is 5.68. The van der Waals surface area contributed by atoms with Gasteiger partial charge in [0, 0.05) is 12.6 Å². The van der Waals surface area contributed by atoms with Gasteiger partial charge in [0.2, 0.25) is 0 Å². The molecule has 210 valence electrons. The average Bonchev–Trinajstić information content (AvgIpc) is 3.62. The summed E-state index contributed by atoms with van der Waals surface area (Å²) in [4.78, 5) is 8.44. The zero-order valence-corrected chi connectivity index (χ0v) is 23.4. The van der Waals surface area contributed by atoms with E-state index in [0.29, 0.717) is 17.2 Å². The zero-order valence-electron chi connectivity index (χ0n) is 22.7. The molecule has 1 N–H and O–H groups in total. The molecule has 2 aromatic heterocycles. The highest BCUT2D eigenvalue weighted by Gasteiger charge is 2.42. The van der Waals surface area contributed by atoms with Crippen LogP contribution in [-0.4, -0.2) is 52.7 Å². The third kappa shape index (κ3) is 5.04. The predicted octanol–water partition coefficient (Wildman–Crippen LogP) is 5.76. The van der Waals surface area contributed by atoms with Gasteiger partial charge >= 0.3 is 0 Å². The lowest BCUT2D eigenvalue weighted by Gasteiger charge is -2.37. The van der Waals surface area contributed by atoms with E-state index in [2.05, 4.69) is 9.97 Å². The average molecular weight is 572 g/mol. The van der Waals surface area contributed by atoms with Crippen LogP contribution in [0.15, 0.2) is 97.5 Å². The van der Waals surface area contributed by atoms with E-state index in [1.54, 1.807) is 14.2 Å². The molecule has 0 spiro atoms. The van der Waals surface area contributed by atoms with Gasteiger partial charge in [-0.15, -0.1) is 0 Å². The van der Waals surface area contributed by atoms with Gasteiger partial charge in [0.15, 0.2) is 0 Å². The highest BCUT2D eigenvalue weighted by Crippen LogP contribution is 2.43. The van der Waals surface area contributed by atoms with E-state index in [0.717, 1.165) is 33.6 Å². The first-order chi connectivity index (χ1) is 20.0. The molecule has 0 aliphatic carbocycles. The molecule has 3 heterocycles. The van der Waals surface area contributed by atoms with Crippen molar-refractivity contribution in [2.75, 3.05) is 20.8 Å².